The first-order valence-corrected chi connectivity index (χ1v) is 12.6. The van der Waals surface area contributed by atoms with E-state index in [0.717, 1.165) is 61.9 Å². The lowest BCUT2D eigenvalue weighted by molar-refractivity contribution is -0.145. The molecule has 4 heterocycles. The fourth-order valence-corrected chi connectivity index (χ4v) is 5.92. The predicted octanol–water partition coefficient (Wildman–Crippen LogP) is 4.74. The number of fused-ring (bicyclic) bond motifs is 3. The molecule has 3 aliphatic heterocycles. The molecular formula is C27H32F2N4O3. The molecule has 0 saturated carbocycles. The molecule has 0 aliphatic carbocycles. The minimum absolute atomic E-state index is 0.0282. The number of aromatic nitrogens is 2. The summed E-state index contributed by atoms with van der Waals surface area (Å²) in [6, 6.07) is 5.76. The van der Waals surface area contributed by atoms with Gasteiger partial charge in [0.15, 0.2) is 5.88 Å². The van der Waals surface area contributed by atoms with Crippen LogP contribution in [0.1, 0.15) is 55.5 Å². The van der Waals surface area contributed by atoms with Crippen LogP contribution in [0.15, 0.2) is 43.3 Å². The molecule has 2 atom stereocenters. The molecule has 2 bridgehead atoms. The van der Waals surface area contributed by atoms with Crippen LogP contribution in [0.25, 0.3) is 5.70 Å². The minimum atomic E-state index is -0.698. The van der Waals surface area contributed by atoms with Gasteiger partial charge in [-0.15, -0.1) is 0 Å². The number of rotatable bonds is 7. The van der Waals surface area contributed by atoms with Gasteiger partial charge in [0.2, 0.25) is 0 Å². The fourth-order valence-electron chi connectivity index (χ4n) is 5.92. The van der Waals surface area contributed by atoms with Gasteiger partial charge in [-0.1, -0.05) is 6.58 Å². The van der Waals surface area contributed by atoms with Crippen molar-refractivity contribution in [2.75, 3.05) is 6.54 Å². The maximum absolute atomic E-state index is 13.5. The highest BCUT2D eigenvalue weighted by atomic mass is 19.1. The van der Waals surface area contributed by atoms with Crippen molar-refractivity contribution in [2.45, 2.75) is 70.3 Å². The molecule has 3 aliphatic rings. The van der Waals surface area contributed by atoms with E-state index in [9.17, 15) is 18.7 Å². The molecule has 1 aromatic heterocycles. The third kappa shape index (κ3) is 4.96. The zero-order valence-corrected chi connectivity index (χ0v) is 20.3. The van der Waals surface area contributed by atoms with Crippen LogP contribution in [0.4, 0.5) is 8.78 Å². The number of aryl methyl sites for hydroxylation is 1. The Labute approximate surface area is 209 Å². The number of ether oxygens (including phenoxy) is 1. The van der Waals surface area contributed by atoms with Gasteiger partial charge < -0.3 is 19.6 Å². The SMILES string of the molecule is C=C(OCc1cc(F)cc(F)c1)N1CCCn2nc(C(=C)N3C4CCCC3CC(C(=O)O)C4)cc2C1. The summed E-state index contributed by atoms with van der Waals surface area (Å²) in [5.74, 6) is -1.81. The van der Waals surface area contributed by atoms with E-state index in [1.54, 1.807) is 0 Å². The van der Waals surface area contributed by atoms with Crippen LogP contribution in [0.5, 0.6) is 0 Å². The van der Waals surface area contributed by atoms with Crippen molar-refractivity contribution < 1.29 is 23.4 Å². The van der Waals surface area contributed by atoms with Crippen LogP contribution >= 0.6 is 0 Å². The molecule has 5 rings (SSSR count). The van der Waals surface area contributed by atoms with Crippen LogP contribution in [-0.2, 0) is 29.2 Å². The van der Waals surface area contributed by atoms with Crippen molar-refractivity contribution >= 4 is 11.7 Å². The zero-order chi connectivity index (χ0) is 25.4. The molecule has 9 heteroatoms. The summed E-state index contributed by atoms with van der Waals surface area (Å²) >= 11 is 0. The van der Waals surface area contributed by atoms with E-state index in [4.69, 9.17) is 9.84 Å². The quantitative estimate of drug-likeness (QED) is 0.556. The van der Waals surface area contributed by atoms with E-state index < -0.39 is 17.6 Å². The van der Waals surface area contributed by atoms with E-state index in [1.165, 1.54) is 12.1 Å². The van der Waals surface area contributed by atoms with Gasteiger partial charge in [-0.2, -0.15) is 5.10 Å². The predicted molar refractivity (Wildman–Crippen MR) is 130 cm³/mol. The van der Waals surface area contributed by atoms with Gasteiger partial charge in [-0.25, -0.2) is 8.78 Å². The fraction of sp³-hybridized carbons (Fsp3) is 0.481. The van der Waals surface area contributed by atoms with Gasteiger partial charge in [0.05, 0.1) is 23.9 Å². The first-order chi connectivity index (χ1) is 17.3. The van der Waals surface area contributed by atoms with E-state index in [2.05, 4.69) is 24.1 Å². The lowest BCUT2D eigenvalue weighted by atomic mass is 9.78. The van der Waals surface area contributed by atoms with Gasteiger partial charge in [0, 0.05) is 31.2 Å². The Bertz CT molecular complexity index is 1150. The molecule has 2 fully saturated rings. The standard InChI is InChI=1S/C27H32F2N4O3/c1-17(33-23-5-3-6-24(33)12-20(11-23)27(34)35)26-14-25-15-31(7-4-8-32(25)30-26)18(2)36-16-19-9-21(28)13-22(29)10-19/h9-10,13-14,20,23-24H,1-8,11-12,15-16H2,(H,34,35). The van der Waals surface area contributed by atoms with Crippen molar-refractivity contribution in [3.63, 3.8) is 0 Å². The first kappa shape index (κ1) is 24.3. The third-order valence-electron chi connectivity index (χ3n) is 7.63. The van der Waals surface area contributed by atoms with E-state index in [0.29, 0.717) is 30.8 Å². The molecule has 2 unspecified atom stereocenters. The molecule has 0 radical (unpaired) electrons. The number of hydrogen-bond donors (Lipinski definition) is 1. The Morgan fingerprint density at radius 3 is 2.42 bits per heavy atom. The molecule has 2 aromatic rings. The van der Waals surface area contributed by atoms with Gasteiger partial charge in [0.1, 0.15) is 23.9 Å². The van der Waals surface area contributed by atoms with Crippen LogP contribution < -0.4 is 0 Å². The summed E-state index contributed by atoms with van der Waals surface area (Å²) in [5, 5.41) is 14.4. The Hall–Kier alpha value is -3.36. The van der Waals surface area contributed by atoms with Crippen LogP contribution in [-0.4, -0.2) is 49.3 Å². The largest absolute Gasteiger partial charge is 0.481 e. The van der Waals surface area contributed by atoms with Crippen molar-refractivity contribution in [2.24, 2.45) is 5.92 Å². The molecule has 0 spiro atoms. The number of carboxylic acid groups (broad SMARTS) is 1. The Kier molecular flexibility index (Phi) is 6.73. The Morgan fingerprint density at radius 2 is 1.75 bits per heavy atom. The van der Waals surface area contributed by atoms with Crippen LogP contribution in [0, 0.1) is 17.6 Å². The van der Waals surface area contributed by atoms with Crippen molar-refractivity contribution in [3.05, 3.63) is 71.9 Å². The summed E-state index contributed by atoms with van der Waals surface area (Å²) in [5.41, 5.74) is 3.10. The number of piperidine rings is 2. The average molecular weight is 499 g/mol. The maximum atomic E-state index is 13.5. The second kappa shape index (κ2) is 9.95. The number of hydrogen-bond acceptors (Lipinski definition) is 5. The second-order valence-electron chi connectivity index (χ2n) is 10.1. The summed E-state index contributed by atoms with van der Waals surface area (Å²) in [6.45, 7) is 10.5. The van der Waals surface area contributed by atoms with E-state index in [-0.39, 0.29) is 24.6 Å². The lowest BCUT2D eigenvalue weighted by Gasteiger charge is -2.49. The van der Waals surface area contributed by atoms with Crippen molar-refractivity contribution in [3.8, 4) is 0 Å². The van der Waals surface area contributed by atoms with Crippen molar-refractivity contribution in [1.29, 1.82) is 0 Å². The lowest BCUT2D eigenvalue weighted by Crippen LogP contribution is -2.52. The summed E-state index contributed by atoms with van der Waals surface area (Å²) in [4.78, 5) is 16.0. The minimum Gasteiger partial charge on any atom is -0.481 e. The third-order valence-corrected chi connectivity index (χ3v) is 7.63. The monoisotopic (exact) mass is 498 g/mol. The van der Waals surface area contributed by atoms with E-state index in [1.807, 2.05) is 9.58 Å². The first-order valence-electron chi connectivity index (χ1n) is 12.6. The maximum Gasteiger partial charge on any atom is 0.306 e. The molecule has 2 saturated heterocycles. The average Bonchev–Trinajstić information content (AvgIpc) is 3.11. The number of carboxylic acids is 1. The van der Waals surface area contributed by atoms with Crippen LogP contribution in [0.3, 0.4) is 0 Å². The molecule has 1 aromatic carbocycles. The second-order valence-corrected chi connectivity index (χ2v) is 10.1. The molecule has 7 nitrogen and oxygen atoms in total. The van der Waals surface area contributed by atoms with Gasteiger partial charge >= 0.3 is 5.97 Å². The number of aliphatic carboxylic acids is 1. The highest BCUT2D eigenvalue weighted by Crippen LogP contribution is 2.41. The molecule has 192 valence electrons. The smallest absolute Gasteiger partial charge is 0.306 e. The van der Waals surface area contributed by atoms with Crippen LogP contribution in [0.2, 0.25) is 0 Å². The Morgan fingerprint density at radius 1 is 1.06 bits per heavy atom. The number of nitrogens with zero attached hydrogens (tertiary/aromatic N) is 4. The highest BCUT2D eigenvalue weighted by molar-refractivity contribution is 5.71. The van der Waals surface area contributed by atoms with Gasteiger partial charge in [-0.3, -0.25) is 9.48 Å². The van der Waals surface area contributed by atoms with Gasteiger partial charge in [-0.05, 0) is 68.9 Å². The number of halogens is 2. The summed E-state index contributed by atoms with van der Waals surface area (Å²) in [6.07, 6.45) is 5.22. The molecule has 36 heavy (non-hydrogen) atoms. The van der Waals surface area contributed by atoms with Crippen molar-refractivity contribution in [1.82, 2.24) is 19.6 Å². The molecule has 1 N–H and O–H groups in total. The molecular weight excluding hydrogens is 466 g/mol. The Balaban J connectivity index is 1.26. The molecule has 0 amide bonds. The topological polar surface area (TPSA) is 70.8 Å². The number of carbonyl (C=O) groups is 1. The van der Waals surface area contributed by atoms with Gasteiger partial charge in [0.25, 0.3) is 0 Å². The summed E-state index contributed by atoms with van der Waals surface area (Å²) in [7, 11) is 0. The number of benzene rings is 1. The van der Waals surface area contributed by atoms with E-state index >= 15 is 0 Å². The normalized spacial score (nSPS) is 23.6. The zero-order valence-electron chi connectivity index (χ0n) is 20.3. The highest BCUT2D eigenvalue weighted by Gasteiger charge is 2.41. The summed E-state index contributed by atoms with van der Waals surface area (Å²) < 4.78 is 34.7.